The second kappa shape index (κ2) is 5.38. The minimum atomic E-state index is 0.0649. The molecule has 1 aliphatic heterocycles. The molecule has 0 aliphatic carbocycles. The maximum Gasteiger partial charge on any atom is 0.122 e. The van der Waals surface area contributed by atoms with Gasteiger partial charge in [0.15, 0.2) is 0 Å². The van der Waals surface area contributed by atoms with Crippen molar-refractivity contribution in [3.63, 3.8) is 0 Å². The van der Waals surface area contributed by atoms with E-state index in [1.165, 1.54) is 16.7 Å². The maximum absolute atomic E-state index is 6.39. The molecule has 1 unspecified atom stereocenters. The van der Waals surface area contributed by atoms with E-state index in [0.717, 1.165) is 32.0 Å². The van der Waals surface area contributed by atoms with E-state index in [4.69, 9.17) is 5.73 Å². The Labute approximate surface area is 120 Å². The van der Waals surface area contributed by atoms with Crippen molar-refractivity contribution < 1.29 is 0 Å². The number of aromatic nitrogens is 2. The molecule has 1 atom stereocenters. The number of rotatable bonds is 3. The smallest absolute Gasteiger partial charge is 0.122 e. The molecular formula is C16H22N4. The van der Waals surface area contributed by atoms with Crippen LogP contribution in [0, 0.1) is 13.8 Å². The summed E-state index contributed by atoms with van der Waals surface area (Å²) in [6.07, 6.45) is 3.93. The summed E-state index contributed by atoms with van der Waals surface area (Å²) in [5.41, 5.74) is 10.2. The standard InChI is InChI=1S/C16H22N4/c1-12-7-13(2)9-14(8-12)15(17)10-19-5-6-20-4-3-18-16(20)11-19/h3-4,7-9,15H,5-6,10-11,17H2,1-2H3. The van der Waals surface area contributed by atoms with Gasteiger partial charge in [0.05, 0.1) is 6.54 Å². The van der Waals surface area contributed by atoms with Crippen molar-refractivity contribution in [3.8, 4) is 0 Å². The second-order valence-electron chi connectivity index (χ2n) is 5.80. The number of imidazole rings is 1. The number of aryl methyl sites for hydroxylation is 2. The molecule has 4 nitrogen and oxygen atoms in total. The van der Waals surface area contributed by atoms with Gasteiger partial charge in [-0.3, -0.25) is 4.90 Å². The van der Waals surface area contributed by atoms with Gasteiger partial charge >= 0.3 is 0 Å². The highest BCUT2D eigenvalue weighted by Gasteiger charge is 2.19. The number of hydrogen-bond acceptors (Lipinski definition) is 3. The van der Waals surface area contributed by atoms with Crippen LogP contribution < -0.4 is 5.73 Å². The molecule has 0 radical (unpaired) electrons. The highest BCUT2D eigenvalue weighted by molar-refractivity contribution is 5.30. The van der Waals surface area contributed by atoms with E-state index in [1.54, 1.807) is 0 Å². The maximum atomic E-state index is 6.39. The van der Waals surface area contributed by atoms with Gasteiger partial charge in [-0.15, -0.1) is 0 Å². The minimum Gasteiger partial charge on any atom is -0.333 e. The minimum absolute atomic E-state index is 0.0649. The molecule has 106 valence electrons. The van der Waals surface area contributed by atoms with Crippen LogP contribution in [-0.4, -0.2) is 27.5 Å². The van der Waals surface area contributed by atoms with E-state index in [0.29, 0.717) is 0 Å². The number of hydrogen-bond donors (Lipinski definition) is 1. The molecule has 4 heteroatoms. The van der Waals surface area contributed by atoms with Gasteiger partial charge in [0, 0.05) is 38.1 Å². The third kappa shape index (κ3) is 2.76. The zero-order valence-corrected chi connectivity index (χ0v) is 12.2. The van der Waals surface area contributed by atoms with E-state index >= 15 is 0 Å². The fraction of sp³-hybridized carbons (Fsp3) is 0.438. The van der Waals surface area contributed by atoms with Crippen LogP contribution in [0.5, 0.6) is 0 Å². The monoisotopic (exact) mass is 270 g/mol. The lowest BCUT2D eigenvalue weighted by molar-refractivity contribution is 0.205. The van der Waals surface area contributed by atoms with Gasteiger partial charge in [-0.2, -0.15) is 0 Å². The Bertz CT molecular complexity index is 582. The van der Waals surface area contributed by atoms with Crippen LogP contribution in [0.25, 0.3) is 0 Å². The fourth-order valence-electron chi connectivity index (χ4n) is 2.99. The van der Waals surface area contributed by atoms with E-state index in [-0.39, 0.29) is 6.04 Å². The summed E-state index contributed by atoms with van der Waals surface area (Å²) in [6, 6.07) is 6.65. The zero-order chi connectivity index (χ0) is 14.1. The van der Waals surface area contributed by atoms with Crippen molar-refractivity contribution in [2.24, 2.45) is 5.73 Å². The van der Waals surface area contributed by atoms with Crippen molar-refractivity contribution in [1.82, 2.24) is 14.5 Å². The lowest BCUT2D eigenvalue weighted by Gasteiger charge is -2.30. The molecule has 20 heavy (non-hydrogen) atoms. The summed E-state index contributed by atoms with van der Waals surface area (Å²) in [4.78, 5) is 6.79. The lowest BCUT2D eigenvalue weighted by Crippen LogP contribution is -2.38. The molecule has 0 bridgehead atoms. The average Bonchev–Trinajstić information content (AvgIpc) is 2.85. The molecule has 1 aromatic carbocycles. The highest BCUT2D eigenvalue weighted by atomic mass is 15.2. The summed E-state index contributed by atoms with van der Waals surface area (Å²) in [5, 5.41) is 0. The van der Waals surface area contributed by atoms with Gasteiger partial charge < -0.3 is 10.3 Å². The van der Waals surface area contributed by atoms with Crippen LogP contribution in [0.4, 0.5) is 0 Å². The van der Waals surface area contributed by atoms with Gasteiger partial charge in [-0.1, -0.05) is 29.3 Å². The predicted octanol–water partition coefficient (Wildman–Crippen LogP) is 2.02. The molecule has 1 aromatic heterocycles. The molecule has 2 N–H and O–H groups in total. The SMILES string of the molecule is Cc1cc(C)cc(C(N)CN2CCn3ccnc3C2)c1. The first-order chi connectivity index (χ1) is 9.61. The topological polar surface area (TPSA) is 47.1 Å². The van der Waals surface area contributed by atoms with Crippen LogP contribution >= 0.6 is 0 Å². The lowest BCUT2D eigenvalue weighted by atomic mass is 10.0. The zero-order valence-electron chi connectivity index (χ0n) is 12.2. The van der Waals surface area contributed by atoms with Crippen molar-refractivity contribution in [2.45, 2.75) is 33.0 Å². The van der Waals surface area contributed by atoms with E-state index in [1.807, 2.05) is 6.20 Å². The molecular weight excluding hydrogens is 248 g/mol. The van der Waals surface area contributed by atoms with Crippen LogP contribution in [-0.2, 0) is 13.1 Å². The number of benzene rings is 1. The summed E-state index contributed by atoms with van der Waals surface area (Å²) in [7, 11) is 0. The van der Waals surface area contributed by atoms with Gasteiger partial charge in [0.25, 0.3) is 0 Å². The van der Waals surface area contributed by atoms with Crippen LogP contribution in [0.2, 0.25) is 0 Å². The Balaban J connectivity index is 1.69. The summed E-state index contributed by atoms with van der Waals surface area (Å²) < 4.78 is 2.22. The van der Waals surface area contributed by atoms with Crippen molar-refractivity contribution in [1.29, 1.82) is 0 Å². The number of nitrogens with two attached hydrogens (primary N) is 1. The average molecular weight is 270 g/mol. The van der Waals surface area contributed by atoms with Gasteiger partial charge in [0.1, 0.15) is 5.82 Å². The molecule has 3 rings (SSSR count). The number of nitrogens with zero attached hydrogens (tertiary/aromatic N) is 3. The second-order valence-corrected chi connectivity index (χ2v) is 5.80. The highest BCUT2D eigenvalue weighted by Crippen LogP contribution is 2.18. The van der Waals surface area contributed by atoms with Crippen molar-refractivity contribution >= 4 is 0 Å². The van der Waals surface area contributed by atoms with Crippen molar-refractivity contribution in [2.75, 3.05) is 13.1 Å². The molecule has 2 aromatic rings. The van der Waals surface area contributed by atoms with Crippen LogP contribution in [0.15, 0.2) is 30.6 Å². The fourth-order valence-corrected chi connectivity index (χ4v) is 2.99. The van der Waals surface area contributed by atoms with Crippen LogP contribution in [0.1, 0.15) is 28.6 Å². The van der Waals surface area contributed by atoms with Gasteiger partial charge in [-0.25, -0.2) is 4.98 Å². The van der Waals surface area contributed by atoms with E-state index in [2.05, 4.69) is 52.7 Å². The van der Waals surface area contributed by atoms with Gasteiger partial charge in [-0.05, 0) is 19.4 Å². The molecule has 0 spiro atoms. The third-order valence-corrected chi connectivity index (χ3v) is 3.95. The van der Waals surface area contributed by atoms with Crippen LogP contribution in [0.3, 0.4) is 0 Å². The molecule has 0 saturated heterocycles. The predicted molar refractivity (Wildman–Crippen MR) is 80.3 cm³/mol. The summed E-state index contributed by atoms with van der Waals surface area (Å²) in [6.45, 7) is 8.08. The Morgan fingerprint density at radius 1 is 1.20 bits per heavy atom. The molecule has 0 amide bonds. The first kappa shape index (κ1) is 13.3. The first-order valence-electron chi connectivity index (χ1n) is 7.18. The Morgan fingerprint density at radius 2 is 1.95 bits per heavy atom. The first-order valence-corrected chi connectivity index (χ1v) is 7.18. The Morgan fingerprint density at radius 3 is 2.70 bits per heavy atom. The van der Waals surface area contributed by atoms with Crippen molar-refractivity contribution in [3.05, 3.63) is 53.1 Å². The third-order valence-electron chi connectivity index (χ3n) is 3.95. The summed E-state index contributed by atoms with van der Waals surface area (Å²) >= 11 is 0. The molecule has 0 fully saturated rings. The van der Waals surface area contributed by atoms with Gasteiger partial charge in [0.2, 0.25) is 0 Å². The largest absolute Gasteiger partial charge is 0.333 e. The Hall–Kier alpha value is -1.65. The number of fused-ring (bicyclic) bond motifs is 1. The quantitative estimate of drug-likeness (QED) is 0.928. The molecule has 2 heterocycles. The molecule has 1 aliphatic rings. The van der Waals surface area contributed by atoms with E-state index < -0.39 is 0 Å². The summed E-state index contributed by atoms with van der Waals surface area (Å²) in [5.74, 6) is 1.14. The normalized spacial score (nSPS) is 16.9. The Kier molecular flexibility index (Phi) is 3.59. The molecule has 0 saturated carbocycles. The van der Waals surface area contributed by atoms with E-state index in [9.17, 15) is 0 Å².